The molecule has 2 aromatic rings. The van der Waals surface area contributed by atoms with Gasteiger partial charge in [0.25, 0.3) is 0 Å². The lowest BCUT2D eigenvalue weighted by Crippen LogP contribution is -2.37. The van der Waals surface area contributed by atoms with Crippen LogP contribution in [-0.2, 0) is 29.0 Å². The van der Waals surface area contributed by atoms with Gasteiger partial charge in [-0.3, -0.25) is 9.59 Å². The van der Waals surface area contributed by atoms with E-state index in [1.807, 2.05) is 67.3 Å². The highest BCUT2D eigenvalue weighted by atomic mass is 16.2. The van der Waals surface area contributed by atoms with Gasteiger partial charge in [-0.2, -0.15) is 0 Å². The predicted octanol–water partition coefficient (Wildman–Crippen LogP) is 3.16. The van der Waals surface area contributed by atoms with Crippen molar-refractivity contribution in [1.29, 1.82) is 0 Å². The van der Waals surface area contributed by atoms with Gasteiger partial charge in [0.2, 0.25) is 11.8 Å². The van der Waals surface area contributed by atoms with Crippen molar-refractivity contribution >= 4 is 17.5 Å². The predicted molar refractivity (Wildman–Crippen MR) is 94.6 cm³/mol. The summed E-state index contributed by atoms with van der Waals surface area (Å²) in [7, 11) is 0. The number of hydrogen-bond acceptors (Lipinski definition) is 2. The first kappa shape index (κ1) is 16.2. The fourth-order valence-electron chi connectivity index (χ4n) is 3.01. The Balaban J connectivity index is 1.72. The molecule has 0 radical (unpaired) electrons. The maximum Gasteiger partial charge on any atom is 0.228 e. The Morgan fingerprint density at radius 3 is 2.58 bits per heavy atom. The van der Waals surface area contributed by atoms with Gasteiger partial charge >= 0.3 is 0 Å². The molecule has 2 amide bonds. The third kappa shape index (κ3) is 3.65. The Labute approximate surface area is 142 Å². The molecule has 0 fully saturated rings. The number of carbonyl (C=O) groups excluding carboxylic acids is 2. The molecule has 4 nitrogen and oxygen atoms in total. The third-order valence-electron chi connectivity index (χ3n) is 4.29. The first-order chi connectivity index (χ1) is 11.5. The fraction of sp³-hybridized carbons (Fsp3) is 0.300. The van der Waals surface area contributed by atoms with E-state index in [4.69, 9.17) is 0 Å². The van der Waals surface area contributed by atoms with Crippen LogP contribution in [0.4, 0.5) is 5.69 Å². The summed E-state index contributed by atoms with van der Waals surface area (Å²) in [6.07, 6.45) is 0.752. The minimum absolute atomic E-state index is 0.0151. The van der Waals surface area contributed by atoms with Gasteiger partial charge < -0.3 is 10.2 Å². The molecule has 1 aliphatic heterocycles. The molecular formula is C20H22N2O2. The third-order valence-corrected chi connectivity index (χ3v) is 4.29. The number of nitrogens with zero attached hydrogens (tertiary/aromatic N) is 1. The van der Waals surface area contributed by atoms with Crippen LogP contribution in [0.25, 0.3) is 0 Å². The van der Waals surface area contributed by atoms with E-state index in [1.165, 1.54) is 0 Å². The quantitative estimate of drug-likeness (QED) is 0.919. The molecule has 0 saturated heterocycles. The molecule has 0 aliphatic carbocycles. The maximum atomic E-state index is 12.8. The summed E-state index contributed by atoms with van der Waals surface area (Å²) in [6, 6.07) is 15.9. The van der Waals surface area contributed by atoms with Gasteiger partial charge in [0.15, 0.2) is 0 Å². The van der Waals surface area contributed by atoms with Crippen molar-refractivity contribution in [3.05, 3.63) is 65.2 Å². The zero-order valence-corrected chi connectivity index (χ0v) is 14.1. The molecule has 0 spiro atoms. The van der Waals surface area contributed by atoms with Gasteiger partial charge in [-0.05, 0) is 36.6 Å². The molecule has 24 heavy (non-hydrogen) atoms. The molecular weight excluding hydrogens is 300 g/mol. The Morgan fingerprint density at radius 1 is 1.12 bits per heavy atom. The van der Waals surface area contributed by atoms with E-state index in [9.17, 15) is 9.59 Å². The van der Waals surface area contributed by atoms with Crippen molar-refractivity contribution in [2.45, 2.75) is 39.3 Å². The van der Waals surface area contributed by atoms with E-state index in [-0.39, 0.29) is 17.9 Å². The summed E-state index contributed by atoms with van der Waals surface area (Å²) in [4.78, 5) is 26.1. The van der Waals surface area contributed by atoms with Crippen LogP contribution in [0.1, 0.15) is 30.5 Å². The Bertz CT molecular complexity index is 753. The summed E-state index contributed by atoms with van der Waals surface area (Å²) in [6.45, 7) is 4.68. The average molecular weight is 322 g/mol. The topological polar surface area (TPSA) is 49.4 Å². The van der Waals surface area contributed by atoms with Crippen LogP contribution in [0, 0.1) is 0 Å². The van der Waals surface area contributed by atoms with E-state index >= 15 is 0 Å². The first-order valence-corrected chi connectivity index (χ1v) is 8.28. The first-order valence-electron chi connectivity index (χ1n) is 8.28. The van der Waals surface area contributed by atoms with E-state index < -0.39 is 0 Å². The number of nitrogens with one attached hydrogen (secondary N) is 1. The lowest BCUT2D eigenvalue weighted by atomic mass is 10.0. The molecule has 0 aromatic heterocycles. The summed E-state index contributed by atoms with van der Waals surface area (Å²) in [5.74, 6) is 0.118. The molecule has 4 heteroatoms. The van der Waals surface area contributed by atoms with Gasteiger partial charge in [0.05, 0.1) is 12.8 Å². The zero-order chi connectivity index (χ0) is 17.1. The zero-order valence-electron chi connectivity index (χ0n) is 14.1. The minimum atomic E-state index is 0.0151. The van der Waals surface area contributed by atoms with Gasteiger partial charge in [-0.25, -0.2) is 0 Å². The van der Waals surface area contributed by atoms with Crippen molar-refractivity contribution < 1.29 is 9.59 Å². The molecule has 0 saturated carbocycles. The van der Waals surface area contributed by atoms with Gasteiger partial charge in [-0.15, -0.1) is 0 Å². The smallest absolute Gasteiger partial charge is 0.228 e. The molecule has 0 unspecified atom stereocenters. The molecule has 3 rings (SSSR count). The number of amides is 2. The van der Waals surface area contributed by atoms with Crippen LogP contribution in [0.5, 0.6) is 0 Å². The summed E-state index contributed by atoms with van der Waals surface area (Å²) in [5.41, 5.74) is 3.92. The molecule has 1 heterocycles. The minimum Gasteiger partial charge on any atom is -0.336 e. The monoisotopic (exact) mass is 322 g/mol. The molecule has 2 aromatic carbocycles. The standard InChI is InChI=1S/C20H22N2O2/c1-14(2)22(13-15-6-4-3-5-7-15)20(24)11-16-8-9-18-17(10-16)12-19(23)21-18/h3-10,14H,11-13H2,1-2H3,(H,21,23). The lowest BCUT2D eigenvalue weighted by Gasteiger charge is -2.27. The van der Waals surface area contributed by atoms with Crippen LogP contribution >= 0.6 is 0 Å². The second-order valence-corrected chi connectivity index (χ2v) is 6.49. The Kier molecular flexibility index (Phi) is 4.65. The molecule has 0 bridgehead atoms. The van der Waals surface area contributed by atoms with Gasteiger partial charge in [0, 0.05) is 18.3 Å². The lowest BCUT2D eigenvalue weighted by molar-refractivity contribution is -0.132. The van der Waals surface area contributed by atoms with Crippen molar-refractivity contribution in [2.24, 2.45) is 0 Å². The van der Waals surface area contributed by atoms with E-state index in [2.05, 4.69) is 5.32 Å². The largest absolute Gasteiger partial charge is 0.336 e. The summed E-state index contributed by atoms with van der Waals surface area (Å²) >= 11 is 0. The SMILES string of the molecule is CC(C)N(Cc1ccccc1)C(=O)Cc1ccc2c(c1)CC(=O)N2. The summed E-state index contributed by atoms with van der Waals surface area (Å²) < 4.78 is 0. The van der Waals surface area contributed by atoms with E-state index in [0.717, 1.165) is 22.4 Å². The number of rotatable bonds is 5. The molecule has 1 aliphatic rings. The average Bonchev–Trinajstić information content (AvgIpc) is 2.92. The van der Waals surface area contributed by atoms with Crippen LogP contribution in [-0.4, -0.2) is 22.8 Å². The van der Waals surface area contributed by atoms with Crippen LogP contribution < -0.4 is 5.32 Å². The highest BCUT2D eigenvalue weighted by Gasteiger charge is 2.21. The number of benzene rings is 2. The van der Waals surface area contributed by atoms with Gasteiger partial charge in [-0.1, -0.05) is 42.5 Å². The molecule has 0 atom stereocenters. The van der Waals surface area contributed by atoms with Gasteiger partial charge in [0.1, 0.15) is 0 Å². The number of anilines is 1. The summed E-state index contributed by atoms with van der Waals surface area (Å²) in [5, 5.41) is 2.82. The highest BCUT2D eigenvalue weighted by molar-refractivity contribution is 5.99. The Morgan fingerprint density at radius 2 is 1.88 bits per heavy atom. The van der Waals surface area contributed by atoms with Crippen LogP contribution in [0.2, 0.25) is 0 Å². The normalized spacial score (nSPS) is 12.9. The second-order valence-electron chi connectivity index (χ2n) is 6.49. The van der Waals surface area contributed by atoms with Crippen molar-refractivity contribution in [1.82, 2.24) is 4.90 Å². The van der Waals surface area contributed by atoms with Crippen LogP contribution in [0.15, 0.2) is 48.5 Å². The van der Waals surface area contributed by atoms with E-state index in [1.54, 1.807) is 0 Å². The number of hydrogen-bond donors (Lipinski definition) is 1. The Hall–Kier alpha value is -2.62. The van der Waals surface area contributed by atoms with Crippen LogP contribution in [0.3, 0.4) is 0 Å². The second kappa shape index (κ2) is 6.87. The van der Waals surface area contributed by atoms with E-state index in [0.29, 0.717) is 19.4 Å². The maximum absolute atomic E-state index is 12.8. The van der Waals surface area contributed by atoms with Crippen molar-refractivity contribution in [3.63, 3.8) is 0 Å². The van der Waals surface area contributed by atoms with Crippen molar-refractivity contribution in [3.8, 4) is 0 Å². The molecule has 124 valence electrons. The fourth-order valence-corrected chi connectivity index (χ4v) is 3.01. The molecule has 1 N–H and O–H groups in total. The highest BCUT2D eigenvalue weighted by Crippen LogP contribution is 2.24. The van der Waals surface area contributed by atoms with Crippen molar-refractivity contribution in [2.75, 3.05) is 5.32 Å². The number of fused-ring (bicyclic) bond motifs is 1. The number of carbonyl (C=O) groups is 2.